The second-order valence-electron chi connectivity index (χ2n) is 6.12. The van der Waals surface area contributed by atoms with Gasteiger partial charge in [0.1, 0.15) is 0 Å². The summed E-state index contributed by atoms with van der Waals surface area (Å²) >= 11 is 0. The maximum Gasteiger partial charge on any atom is 0.0414 e. The molecule has 1 atom stereocenters. The van der Waals surface area contributed by atoms with Crippen LogP contribution in [0.4, 0.5) is 5.69 Å². The zero-order chi connectivity index (χ0) is 14.4. The Bertz CT molecular complexity index is 398. The van der Waals surface area contributed by atoms with Crippen LogP contribution in [0.2, 0.25) is 0 Å². The lowest BCUT2D eigenvalue weighted by molar-refractivity contribution is 0.567. The van der Waals surface area contributed by atoms with Gasteiger partial charge >= 0.3 is 0 Å². The first-order valence-corrected chi connectivity index (χ1v) is 8.33. The van der Waals surface area contributed by atoms with E-state index in [9.17, 15) is 0 Å². The van der Waals surface area contributed by atoms with Crippen LogP contribution in [0.3, 0.4) is 0 Å². The average Bonchev–Trinajstić information content (AvgIpc) is 3.28. The van der Waals surface area contributed by atoms with Crippen molar-refractivity contribution in [2.24, 2.45) is 5.92 Å². The van der Waals surface area contributed by atoms with E-state index < -0.39 is 0 Å². The van der Waals surface area contributed by atoms with E-state index in [0.717, 1.165) is 12.5 Å². The van der Waals surface area contributed by atoms with Crippen LogP contribution in [-0.2, 0) is 0 Å². The second kappa shape index (κ2) is 7.68. The molecular formula is C18H30N2. The van der Waals surface area contributed by atoms with Crippen molar-refractivity contribution in [1.29, 1.82) is 0 Å². The summed E-state index contributed by atoms with van der Waals surface area (Å²) in [5.74, 6) is 0.938. The molecule has 1 aliphatic rings. The van der Waals surface area contributed by atoms with Crippen LogP contribution in [0, 0.1) is 5.92 Å². The number of nitrogens with zero attached hydrogens (tertiary/aromatic N) is 1. The number of hydrogen-bond donors (Lipinski definition) is 1. The molecule has 0 aliphatic heterocycles. The summed E-state index contributed by atoms with van der Waals surface area (Å²) in [6, 6.07) is 9.38. The van der Waals surface area contributed by atoms with Crippen molar-refractivity contribution < 1.29 is 0 Å². The van der Waals surface area contributed by atoms with Gasteiger partial charge in [0.05, 0.1) is 0 Å². The first-order valence-electron chi connectivity index (χ1n) is 8.33. The number of anilines is 1. The third-order valence-corrected chi connectivity index (χ3v) is 4.11. The molecule has 0 radical (unpaired) electrons. The first kappa shape index (κ1) is 15.4. The molecule has 2 rings (SSSR count). The highest BCUT2D eigenvalue weighted by Crippen LogP contribution is 2.33. The van der Waals surface area contributed by atoms with Crippen LogP contribution >= 0.6 is 0 Å². The highest BCUT2D eigenvalue weighted by molar-refractivity contribution is 5.55. The van der Waals surface area contributed by atoms with E-state index in [0.29, 0.717) is 6.04 Å². The highest BCUT2D eigenvalue weighted by Gasteiger charge is 2.25. The van der Waals surface area contributed by atoms with E-state index in [1.165, 1.54) is 50.0 Å². The molecule has 2 heteroatoms. The Morgan fingerprint density at radius 2 is 1.95 bits per heavy atom. The van der Waals surface area contributed by atoms with Crippen molar-refractivity contribution in [3.63, 3.8) is 0 Å². The summed E-state index contributed by atoms with van der Waals surface area (Å²) in [5.41, 5.74) is 2.90. The molecule has 2 nitrogen and oxygen atoms in total. The minimum Gasteiger partial charge on any atom is -0.371 e. The quantitative estimate of drug-likeness (QED) is 0.719. The molecule has 112 valence electrons. The lowest BCUT2D eigenvalue weighted by atomic mass is 10.0. The number of benzene rings is 1. The van der Waals surface area contributed by atoms with Crippen LogP contribution in [0.5, 0.6) is 0 Å². The van der Waals surface area contributed by atoms with E-state index in [2.05, 4.69) is 55.3 Å². The zero-order valence-electron chi connectivity index (χ0n) is 13.4. The Kier molecular flexibility index (Phi) is 5.90. The normalized spacial score (nSPS) is 16.1. The van der Waals surface area contributed by atoms with Gasteiger partial charge in [-0.3, -0.25) is 0 Å². The van der Waals surface area contributed by atoms with E-state index in [1.807, 2.05) is 0 Å². The fourth-order valence-corrected chi connectivity index (χ4v) is 2.80. The third kappa shape index (κ3) is 4.24. The van der Waals surface area contributed by atoms with Crippen LogP contribution < -0.4 is 10.2 Å². The fourth-order valence-electron chi connectivity index (χ4n) is 2.80. The summed E-state index contributed by atoms with van der Waals surface area (Å²) in [6.07, 6.45) is 5.25. The van der Waals surface area contributed by atoms with Gasteiger partial charge in [-0.1, -0.05) is 32.0 Å². The summed E-state index contributed by atoms with van der Waals surface area (Å²) in [5, 5.41) is 3.63. The van der Waals surface area contributed by atoms with E-state index >= 15 is 0 Å². The van der Waals surface area contributed by atoms with Crippen molar-refractivity contribution in [3.05, 3.63) is 29.8 Å². The lowest BCUT2D eigenvalue weighted by Gasteiger charge is -2.29. The number of para-hydroxylation sites is 1. The van der Waals surface area contributed by atoms with Crippen LogP contribution in [0.1, 0.15) is 58.1 Å². The molecule has 1 aromatic rings. The zero-order valence-corrected chi connectivity index (χ0v) is 13.4. The van der Waals surface area contributed by atoms with Crippen molar-refractivity contribution in [3.8, 4) is 0 Å². The molecule has 1 fully saturated rings. The molecule has 1 aliphatic carbocycles. The van der Waals surface area contributed by atoms with Crippen molar-refractivity contribution in [2.75, 3.05) is 24.5 Å². The topological polar surface area (TPSA) is 15.3 Å². The molecule has 0 aromatic heterocycles. The monoisotopic (exact) mass is 274 g/mol. The maximum atomic E-state index is 3.63. The maximum absolute atomic E-state index is 3.63. The molecule has 1 N–H and O–H groups in total. The highest BCUT2D eigenvalue weighted by atomic mass is 15.1. The molecule has 1 unspecified atom stereocenters. The molecule has 0 saturated heterocycles. The van der Waals surface area contributed by atoms with Crippen LogP contribution in [-0.4, -0.2) is 19.6 Å². The predicted octanol–water partition coefficient (Wildman–Crippen LogP) is 4.37. The molecule has 0 spiro atoms. The Labute approximate surface area is 124 Å². The smallest absolute Gasteiger partial charge is 0.0414 e. The van der Waals surface area contributed by atoms with Gasteiger partial charge in [-0.2, -0.15) is 0 Å². The van der Waals surface area contributed by atoms with Gasteiger partial charge in [0.15, 0.2) is 0 Å². The predicted molar refractivity (Wildman–Crippen MR) is 88.4 cm³/mol. The fraction of sp³-hybridized carbons (Fsp3) is 0.667. The SMILES string of the molecule is CCCNC(C)c1ccccc1N(CCC)CC1CC1. The van der Waals surface area contributed by atoms with Gasteiger partial charge in [-0.25, -0.2) is 0 Å². The number of hydrogen-bond acceptors (Lipinski definition) is 2. The van der Waals surface area contributed by atoms with E-state index in [-0.39, 0.29) is 0 Å². The van der Waals surface area contributed by atoms with Crippen molar-refractivity contribution >= 4 is 5.69 Å². The molecule has 0 amide bonds. The Morgan fingerprint density at radius 3 is 2.60 bits per heavy atom. The first-order chi connectivity index (χ1) is 9.76. The summed E-state index contributed by atoms with van der Waals surface area (Å²) in [7, 11) is 0. The summed E-state index contributed by atoms with van der Waals surface area (Å²) < 4.78 is 0. The lowest BCUT2D eigenvalue weighted by Crippen LogP contribution is -2.29. The van der Waals surface area contributed by atoms with Gasteiger partial charge in [0, 0.05) is 24.8 Å². The summed E-state index contributed by atoms with van der Waals surface area (Å²) in [6.45, 7) is 10.3. The second-order valence-corrected chi connectivity index (χ2v) is 6.12. The molecule has 0 bridgehead atoms. The van der Waals surface area contributed by atoms with Gasteiger partial charge in [0.2, 0.25) is 0 Å². The number of nitrogens with one attached hydrogen (secondary N) is 1. The number of rotatable bonds is 9. The minimum absolute atomic E-state index is 0.435. The van der Waals surface area contributed by atoms with E-state index in [1.54, 1.807) is 0 Å². The molecule has 1 saturated carbocycles. The Morgan fingerprint density at radius 1 is 1.20 bits per heavy atom. The Hall–Kier alpha value is -1.02. The van der Waals surface area contributed by atoms with Gasteiger partial charge in [0.25, 0.3) is 0 Å². The molecule has 1 aromatic carbocycles. The molecule has 20 heavy (non-hydrogen) atoms. The van der Waals surface area contributed by atoms with Crippen LogP contribution in [0.25, 0.3) is 0 Å². The van der Waals surface area contributed by atoms with E-state index in [4.69, 9.17) is 0 Å². The molecule has 0 heterocycles. The van der Waals surface area contributed by atoms with Gasteiger partial charge in [-0.15, -0.1) is 0 Å². The summed E-state index contributed by atoms with van der Waals surface area (Å²) in [4.78, 5) is 2.61. The van der Waals surface area contributed by atoms with Gasteiger partial charge < -0.3 is 10.2 Å². The van der Waals surface area contributed by atoms with Crippen molar-refractivity contribution in [2.45, 2.75) is 52.5 Å². The third-order valence-electron chi connectivity index (χ3n) is 4.11. The minimum atomic E-state index is 0.435. The molecular weight excluding hydrogens is 244 g/mol. The van der Waals surface area contributed by atoms with Gasteiger partial charge in [-0.05, 0) is 56.7 Å². The largest absolute Gasteiger partial charge is 0.371 e. The van der Waals surface area contributed by atoms with Crippen molar-refractivity contribution in [1.82, 2.24) is 5.32 Å². The van der Waals surface area contributed by atoms with Crippen LogP contribution in [0.15, 0.2) is 24.3 Å². The average molecular weight is 274 g/mol. The Balaban J connectivity index is 2.14. The standard InChI is InChI=1S/C18H30N2/c1-4-12-19-15(3)17-8-6-7-9-18(17)20(13-5-2)14-16-10-11-16/h6-9,15-16,19H,4-5,10-14H2,1-3H3.